The summed E-state index contributed by atoms with van der Waals surface area (Å²) in [7, 11) is 0. The molecule has 0 heterocycles. The molecular formula is C18H30O2. The predicted molar refractivity (Wildman–Crippen MR) is 83.4 cm³/mol. The summed E-state index contributed by atoms with van der Waals surface area (Å²) in [6.45, 7) is 16.8. The molecule has 1 aliphatic carbocycles. The molecule has 0 aromatic rings. The van der Waals surface area contributed by atoms with E-state index in [1.165, 1.54) is 0 Å². The lowest BCUT2D eigenvalue weighted by Gasteiger charge is -2.40. The topological polar surface area (TPSA) is 34.1 Å². The molecule has 0 fully saturated rings. The normalized spacial score (nSPS) is 21.7. The van der Waals surface area contributed by atoms with Crippen molar-refractivity contribution in [1.82, 2.24) is 0 Å². The smallest absolute Gasteiger partial charge is 0.160 e. The Labute approximate surface area is 124 Å². The van der Waals surface area contributed by atoms with E-state index in [0.717, 1.165) is 0 Å². The van der Waals surface area contributed by atoms with Crippen LogP contribution in [0.3, 0.4) is 0 Å². The van der Waals surface area contributed by atoms with E-state index in [1.54, 1.807) is 6.08 Å². The van der Waals surface area contributed by atoms with E-state index in [0.29, 0.717) is 23.8 Å². The first-order valence-corrected chi connectivity index (χ1v) is 7.71. The van der Waals surface area contributed by atoms with Gasteiger partial charge in [0.15, 0.2) is 11.6 Å². The maximum atomic E-state index is 12.6. The minimum Gasteiger partial charge on any atom is -0.295 e. The van der Waals surface area contributed by atoms with Crippen LogP contribution in [0.2, 0.25) is 0 Å². The highest BCUT2D eigenvalue weighted by molar-refractivity contribution is 6.10. The molecule has 0 aromatic carbocycles. The summed E-state index contributed by atoms with van der Waals surface area (Å²) in [4.78, 5) is 25.1. The number of Topliss-reactive ketones (excluding diaryl/α,β-unsaturated/α-hetero) is 1. The van der Waals surface area contributed by atoms with E-state index in [-0.39, 0.29) is 28.3 Å². The number of hydrogen-bond acceptors (Lipinski definition) is 2. The van der Waals surface area contributed by atoms with Crippen molar-refractivity contribution < 1.29 is 9.59 Å². The van der Waals surface area contributed by atoms with Gasteiger partial charge in [0, 0.05) is 17.9 Å². The molecule has 0 amide bonds. The van der Waals surface area contributed by atoms with E-state index in [2.05, 4.69) is 55.4 Å². The lowest BCUT2D eigenvalue weighted by molar-refractivity contribution is -0.130. The van der Waals surface area contributed by atoms with Gasteiger partial charge in [0.05, 0.1) is 0 Å². The average Bonchev–Trinajstić information content (AvgIpc) is 2.30. The van der Waals surface area contributed by atoms with Gasteiger partial charge in [-0.15, -0.1) is 0 Å². The highest BCUT2D eigenvalue weighted by atomic mass is 16.1. The summed E-state index contributed by atoms with van der Waals surface area (Å²) in [5.74, 6) is 0.813. The molecule has 0 radical (unpaired) electrons. The Hall–Kier alpha value is -0.920. The van der Waals surface area contributed by atoms with Crippen LogP contribution in [0, 0.1) is 28.6 Å². The summed E-state index contributed by atoms with van der Waals surface area (Å²) in [6, 6.07) is 0. The van der Waals surface area contributed by atoms with Crippen molar-refractivity contribution >= 4 is 11.6 Å². The van der Waals surface area contributed by atoms with E-state index in [9.17, 15) is 9.59 Å². The zero-order valence-electron chi connectivity index (χ0n) is 14.3. The molecule has 20 heavy (non-hydrogen) atoms. The molecule has 1 rings (SSSR count). The van der Waals surface area contributed by atoms with Crippen molar-refractivity contribution in [3.05, 3.63) is 11.6 Å². The Bertz CT molecular complexity index is 436. The third-order valence-corrected chi connectivity index (χ3v) is 5.84. The molecule has 0 saturated heterocycles. The molecule has 2 heteroatoms. The van der Waals surface area contributed by atoms with Gasteiger partial charge in [0.25, 0.3) is 0 Å². The molecule has 1 atom stereocenters. The van der Waals surface area contributed by atoms with Gasteiger partial charge in [-0.1, -0.05) is 55.4 Å². The molecule has 0 bridgehead atoms. The van der Waals surface area contributed by atoms with E-state index in [1.807, 2.05) is 0 Å². The quantitative estimate of drug-likeness (QED) is 0.762. The van der Waals surface area contributed by atoms with Crippen LogP contribution >= 0.6 is 0 Å². The number of carbonyl (C=O) groups is 2. The first kappa shape index (κ1) is 17.1. The zero-order chi connectivity index (χ0) is 15.9. The van der Waals surface area contributed by atoms with E-state index >= 15 is 0 Å². The van der Waals surface area contributed by atoms with Crippen molar-refractivity contribution in [3.8, 4) is 0 Å². The van der Waals surface area contributed by atoms with Gasteiger partial charge < -0.3 is 0 Å². The van der Waals surface area contributed by atoms with Crippen molar-refractivity contribution in [2.75, 3.05) is 0 Å². The molecule has 114 valence electrons. The standard InChI is InChI=1S/C18H30O2/c1-11(2)17(5,6)13-9-16(20)14(10-15(13)19)18(7,8)12(3)4/h9,11-12,14H,10H2,1-8H3. The molecular weight excluding hydrogens is 248 g/mol. The third-order valence-electron chi connectivity index (χ3n) is 5.84. The number of hydrogen-bond donors (Lipinski definition) is 0. The molecule has 0 saturated carbocycles. The van der Waals surface area contributed by atoms with E-state index < -0.39 is 0 Å². The van der Waals surface area contributed by atoms with E-state index in [4.69, 9.17) is 0 Å². The van der Waals surface area contributed by atoms with Crippen LogP contribution in [-0.2, 0) is 9.59 Å². The Morgan fingerprint density at radius 1 is 1.00 bits per heavy atom. The third kappa shape index (κ3) is 2.89. The highest BCUT2D eigenvalue weighted by Crippen LogP contribution is 2.44. The summed E-state index contributed by atoms with van der Waals surface area (Å²) < 4.78 is 0. The predicted octanol–water partition coefficient (Wildman–Crippen LogP) is 4.44. The van der Waals surface area contributed by atoms with Gasteiger partial charge >= 0.3 is 0 Å². The summed E-state index contributed by atoms with van der Waals surface area (Å²) in [6.07, 6.45) is 2.01. The monoisotopic (exact) mass is 278 g/mol. The van der Waals surface area contributed by atoms with Crippen LogP contribution < -0.4 is 0 Å². The minimum absolute atomic E-state index is 0.132. The van der Waals surface area contributed by atoms with Crippen LogP contribution in [0.15, 0.2) is 11.6 Å². The fourth-order valence-electron chi connectivity index (χ4n) is 2.61. The number of carbonyl (C=O) groups excluding carboxylic acids is 2. The molecule has 0 N–H and O–H groups in total. The van der Waals surface area contributed by atoms with Crippen LogP contribution in [-0.4, -0.2) is 11.6 Å². The summed E-state index contributed by atoms with van der Waals surface area (Å²) in [5, 5.41) is 0. The largest absolute Gasteiger partial charge is 0.295 e. The van der Waals surface area contributed by atoms with Gasteiger partial charge in [-0.25, -0.2) is 0 Å². The van der Waals surface area contributed by atoms with Crippen LogP contribution in [0.1, 0.15) is 61.8 Å². The number of allylic oxidation sites excluding steroid dienone is 2. The summed E-state index contributed by atoms with van der Waals surface area (Å²) >= 11 is 0. The van der Waals surface area contributed by atoms with Gasteiger partial charge in [-0.3, -0.25) is 9.59 Å². The van der Waals surface area contributed by atoms with Crippen molar-refractivity contribution in [2.24, 2.45) is 28.6 Å². The molecule has 0 spiro atoms. The first-order valence-electron chi connectivity index (χ1n) is 7.71. The number of ketones is 2. The second kappa shape index (κ2) is 5.46. The zero-order valence-corrected chi connectivity index (χ0v) is 14.3. The Kier molecular flexibility index (Phi) is 4.68. The SMILES string of the molecule is CC(C)C(C)(C)C1=CC(=O)C(C(C)(C)C(C)C)CC1=O. The van der Waals surface area contributed by atoms with Gasteiger partial charge in [-0.05, 0) is 28.7 Å². The molecule has 2 nitrogen and oxygen atoms in total. The molecule has 1 unspecified atom stereocenters. The fraction of sp³-hybridized carbons (Fsp3) is 0.778. The first-order chi connectivity index (χ1) is 8.92. The highest BCUT2D eigenvalue weighted by Gasteiger charge is 2.44. The van der Waals surface area contributed by atoms with Crippen molar-refractivity contribution in [2.45, 2.75) is 61.8 Å². The number of rotatable bonds is 4. The van der Waals surface area contributed by atoms with Gasteiger partial charge in [-0.2, -0.15) is 0 Å². The molecule has 1 aliphatic rings. The van der Waals surface area contributed by atoms with Gasteiger partial charge in [0.1, 0.15) is 0 Å². The second-order valence-electron chi connectivity index (χ2n) is 7.99. The molecule has 0 aromatic heterocycles. The lowest BCUT2D eigenvalue weighted by Crippen LogP contribution is -2.41. The van der Waals surface area contributed by atoms with Crippen LogP contribution in [0.4, 0.5) is 0 Å². The fourth-order valence-corrected chi connectivity index (χ4v) is 2.61. The average molecular weight is 278 g/mol. The second-order valence-corrected chi connectivity index (χ2v) is 7.99. The van der Waals surface area contributed by atoms with Crippen molar-refractivity contribution in [1.29, 1.82) is 0 Å². The maximum absolute atomic E-state index is 12.6. The molecule has 0 aliphatic heterocycles. The summed E-state index contributed by atoms with van der Waals surface area (Å²) in [5.41, 5.74) is 0.337. The maximum Gasteiger partial charge on any atom is 0.160 e. The van der Waals surface area contributed by atoms with Crippen molar-refractivity contribution in [3.63, 3.8) is 0 Å². The lowest BCUT2D eigenvalue weighted by atomic mass is 9.62. The Morgan fingerprint density at radius 2 is 1.50 bits per heavy atom. The van der Waals surface area contributed by atoms with Crippen LogP contribution in [0.5, 0.6) is 0 Å². The Balaban J connectivity index is 3.17. The Morgan fingerprint density at radius 3 is 1.90 bits per heavy atom. The minimum atomic E-state index is -0.236. The van der Waals surface area contributed by atoms with Gasteiger partial charge in [0.2, 0.25) is 0 Å². The van der Waals surface area contributed by atoms with Crippen LogP contribution in [0.25, 0.3) is 0 Å².